The molecular weight excluding hydrogens is 358 g/mol. The van der Waals surface area contributed by atoms with Gasteiger partial charge in [0.2, 0.25) is 5.95 Å². The zero-order chi connectivity index (χ0) is 20.1. The van der Waals surface area contributed by atoms with Crippen molar-refractivity contribution in [2.24, 2.45) is 0 Å². The van der Waals surface area contributed by atoms with Crippen LogP contribution in [0.2, 0.25) is 0 Å². The van der Waals surface area contributed by atoms with Crippen molar-refractivity contribution in [2.75, 3.05) is 31.9 Å². The molecule has 0 spiro atoms. The molecule has 0 aliphatic heterocycles. The summed E-state index contributed by atoms with van der Waals surface area (Å²) in [7, 11) is 3.28. The van der Waals surface area contributed by atoms with E-state index in [1.807, 2.05) is 35.0 Å². The number of methoxy groups -OCH3 is 2. The summed E-state index contributed by atoms with van der Waals surface area (Å²) in [4.78, 5) is 8.74. The quantitative estimate of drug-likeness (QED) is 0.520. The van der Waals surface area contributed by atoms with Crippen molar-refractivity contribution in [3.8, 4) is 11.5 Å². The first kappa shape index (κ1) is 19.8. The second kappa shape index (κ2) is 8.79. The molecule has 1 aromatic carbocycles. The highest BCUT2D eigenvalue weighted by Gasteiger charge is 2.17. The average molecular weight is 385 g/mol. The number of nitrogens with two attached hydrogens (primary N) is 1. The molecule has 3 rings (SSSR count). The summed E-state index contributed by atoms with van der Waals surface area (Å²) in [6.07, 6.45) is 3.70. The fourth-order valence-corrected chi connectivity index (χ4v) is 3.36. The maximum Gasteiger partial charge on any atom is 0.222 e. The average Bonchev–Trinajstić information content (AvgIpc) is 3.10. The van der Waals surface area contributed by atoms with Gasteiger partial charge in [-0.25, -0.2) is 4.98 Å². The summed E-state index contributed by atoms with van der Waals surface area (Å²) in [6, 6.07) is 7.49. The number of anilines is 2. The Kier molecular flexibility index (Phi) is 6.20. The van der Waals surface area contributed by atoms with Crippen LogP contribution in [0, 0.1) is 0 Å². The minimum Gasteiger partial charge on any atom is -0.496 e. The molecule has 0 aliphatic carbocycles. The number of hydrogen-bond acceptors (Lipinski definition) is 7. The SMILES string of the molecule is CCCC(CO)Nc1nc(N)nc2ccn(Cc3c(OC)cccc3OC)c12. The Balaban J connectivity index is 2.06. The third kappa shape index (κ3) is 3.96. The van der Waals surface area contributed by atoms with Gasteiger partial charge in [0, 0.05) is 6.20 Å². The van der Waals surface area contributed by atoms with E-state index >= 15 is 0 Å². The lowest BCUT2D eigenvalue weighted by atomic mass is 10.1. The number of fused-ring (bicyclic) bond motifs is 1. The number of aliphatic hydroxyl groups excluding tert-OH is 1. The van der Waals surface area contributed by atoms with Crippen LogP contribution in [0.3, 0.4) is 0 Å². The maximum absolute atomic E-state index is 9.67. The van der Waals surface area contributed by atoms with Crippen LogP contribution >= 0.6 is 0 Å². The highest BCUT2D eigenvalue weighted by atomic mass is 16.5. The third-order valence-corrected chi connectivity index (χ3v) is 4.68. The fraction of sp³-hybridized carbons (Fsp3) is 0.400. The van der Waals surface area contributed by atoms with Crippen LogP contribution in [0.1, 0.15) is 25.3 Å². The van der Waals surface area contributed by atoms with E-state index in [-0.39, 0.29) is 18.6 Å². The van der Waals surface area contributed by atoms with E-state index < -0.39 is 0 Å². The van der Waals surface area contributed by atoms with Gasteiger partial charge in [-0.15, -0.1) is 0 Å². The summed E-state index contributed by atoms with van der Waals surface area (Å²) >= 11 is 0. The smallest absolute Gasteiger partial charge is 0.222 e. The first-order valence-corrected chi connectivity index (χ1v) is 9.30. The molecule has 28 heavy (non-hydrogen) atoms. The first-order valence-electron chi connectivity index (χ1n) is 9.30. The summed E-state index contributed by atoms with van der Waals surface area (Å²) in [5.74, 6) is 2.28. The molecular formula is C20H27N5O3. The summed E-state index contributed by atoms with van der Waals surface area (Å²) in [5, 5.41) is 13.0. The van der Waals surface area contributed by atoms with E-state index in [4.69, 9.17) is 15.2 Å². The largest absolute Gasteiger partial charge is 0.496 e. The van der Waals surface area contributed by atoms with Crippen molar-refractivity contribution in [2.45, 2.75) is 32.4 Å². The topological polar surface area (TPSA) is 107 Å². The molecule has 2 aromatic heterocycles. The Morgan fingerprint density at radius 3 is 2.50 bits per heavy atom. The van der Waals surface area contributed by atoms with Crippen molar-refractivity contribution >= 4 is 22.8 Å². The lowest BCUT2D eigenvalue weighted by Gasteiger charge is -2.19. The maximum atomic E-state index is 9.67. The molecule has 0 saturated carbocycles. The Bertz CT molecular complexity index is 919. The monoisotopic (exact) mass is 385 g/mol. The van der Waals surface area contributed by atoms with E-state index in [9.17, 15) is 5.11 Å². The lowest BCUT2D eigenvalue weighted by molar-refractivity contribution is 0.268. The van der Waals surface area contributed by atoms with E-state index in [1.165, 1.54) is 0 Å². The molecule has 4 N–H and O–H groups in total. The summed E-state index contributed by atoms with van der Waals surface area (Å²) in [5.41, 5.74) is 8.36. The summed E-state index contributed by atoms with van der Waals surface area (Å²) in [6.45, 7) is 2.60. The summed E-state index contributed by atoms with van der Waals surface area (Å²) < 4.78 is 13.1. The number of nitrogen functional groups attached to an aromatic ring is 1. The van der Waals surface area contributed by atoms with Gasteiger partial charge < -0.3 is 30.2 Å². The molecule has 8 heteroatoms. The minimum atomic E-state index is -0.105. The van der Waals surface area contributed by atoms with Crippen molar-refractivity contribution < 1.29 is 14.6 Å². The van der Waals surface area contributed by atoms with Crippen LogP contribution in [0.4, 0.5) is 11.8 Å². The number of nitrogens with one attached hydrogen (secondary N) is 1. The molecule has 0 aliphatic rings. The molecule has 0 amide bonds. The Labute approximate surface area is 164 Å². The molecule has 0 saturated heterocycles. The number of hydrogen-bond donors (Lipinski definition) is 3. The lowest BCUT2D eigenvalue weighted by Crippen LogP contribution is -2.25. The zero-order valence-electron chi connectivity index (χ0n) is 16.5. The Hall–Kier alpha value is -3.00. The molecule has 0 bridgehead atoms. The highest BCUT2D eigenvalue weighted by molar-refractivity contribution is 5.87. The normalized spacial score (nSPS) is 12.1. The molecule has 2 heterocycles. The molecule has 150 valence electrons. The molecule has 1 unspecified atom stereocenters. The fourth-order valence-electron chi connectivity index (χ4n) is 3.36. The number of rotatable bonds is 9. The van der Waals surface area contributed by atoms with E-state index in [0.717, 1.165) is 40.9 Å². The zero-order valence-corrected chi connectivity index (χ0v) is 16.5. The number of ether oxygens (including phenoxy) is 2. The van der Waals surface area contributed by atoms with Gasteiger partial charge in [0.05, 0.1) is 44.5 Å². The van der Waals surface area contributed by atoms with Crippen molar-refractivity contribution in [1.29, 1.82) is 0 Å². The Morgan fingerprint density at radius 1 is 1.18 bits per heavy atom. The second-order valence-electron chi connectivity index (χ2n) is 6.56. The Morgan fingerprint density at radius 2 is 1.89 bits per heavy atom. The molecule has 8 nitrogen and oxygen atoms in total. The van der Waals surface area contributed by atoms with Gasteiger partial charge >= 0.3 is 0 Å². The van der Waals surface area contributed by atoms with Crippen LogP contribution in [-0.4, -0.2) is 46.5 Å². The highest BCUT2D eigenvalue weighted by Crippen LogP contribution is 2.31. The minimum absolute atomic E-state index is 0.0142. The molecule has 3 aromatic rings. The van der Waals surface area contributed by atoms with E-state index in [0.29, 0.717) is 12.4 Å². The first-order chi connectivity index (χ1) is 13.6. The third-order valence-electron chi connectivity index (χ3n) is 4.68. The van der Waals surface area contributed by atoms with Gasteiger partial charge in [0.1, 0.15) is 17.0 Å². The number of aromatic nitrogens is 3. The van der Waals surface area contributed by atoms with Crippen LogP contribution in [0.15, 0.2) is 30.5 Å². The number of benzene rings is 1. The predicted octanol–water partition coefficient (Wildman–Crippen LogP) is 2.65. The van der Waals surface area contributed by atoms with Crippen molar-refractivity contribution in [3.05, 3.63) is 36.0 Å². The predicted molar refractivity (Wildman–Crippen MR) is 110 cm³/mol. The van der Waals surface area contributed by atoms with Gasteiger partial charge in [-0.1, -0.05) is 19.4 Å². The van der Waals surface area contributed by atoms with Gasteiger partial charge in [0.25, 0.3) is 0 Å². The second-order valence-corrected chi connectivity index (χ2v) is 6.56. The van der Waals surface area contributed by atoms with Crippen molar-refractivity contribution in [3.63, 3.8) is 0 Å². The number of nitrogens with zero attached hydrogens (tertiary/aromatic N) is 3. The molecule has 1 atom stereocenters. The van der Waals surface area contributed by atoms with Gasteiger partial charge in [-0.3, -0.25) is 0 Å². The molecule has 0 radical (unpaired) electrons. The van der Waals surface area contributed by atoms with E-state index in [1.54, 1.807) is 14.2 Å². The van der Waals surface area contributed by atoms with Crippen LogP contribution in [-0.2, 0) is 6.54 Å². The van der Waals surface area contributed by atoms with Gasteiger partial charge in [-0.2, -0.15) is 4.98 Å². The van der Waals surface area contributed by atoms with Gasteiger partial charge in [-0.05, 0) is 24.6 Å². The van der Waals surface area contributed by atoms with Crippen LogP contribution in [0.25, 0.3) is 11.0 Å². The van der Waals surface area contributed by atoms with Crippen molar-refractivity contribution in [1.82, 2.24) is 14.5 Å². The van der Waals surface area contributed by atoms with Crippen LogP contribution < -0.4 is 20.5 Å². The molecule has 0 fully saturated rings. The van der Waals surface area contributed by atoms with E-state index in [2.05, 4.69) is 22.2 Å². The van der Waals surface area contributed by atoms with Crippen LogP contribution in [0.5, 0.6) is 11.5 Å². The number of aliphatic hydroxyl groups is 1. The standard InChI is InChI=1S/C20H27N5O3/c1-4-6-13(12-26)22-19-18-15(23-20(21)24-19)9-10-25(18)11-14-16(27-2)7-5-8-17(14)28-3/h5,7-10,13,26H,4,6,11-12H2,1-3H3,(H3,21,22,23,24). The van der Waals surface area contributed by atoms with Gasteiger partial charge in [0.15, 0.2) is 5.82 Å².